The summed E-state index contributed by atoms with van der Waals surface area (Å²) in [5.41, 5.74) is 2.42. The number of para-hydroxylation sites is 1. The van der Waals surface area contributed by atoms with Crippen molar-refractivity contribution < 1.29 is 13.2 Å². The normalized spacial score (nSPS) is 11.0. The minimum Gasteiger partial charge on any atom is -0.356 e. The highest BCUT2D eigenvalue weighted by atomic mass is 32.2. The lowest BCUT2D eigenvalue weighted by atomic mass is 10.2. The van der Waals surface area contributed by atoms with Gasteiger partial charge in [0.2, 0.25) is 5.91 Å². The summed E-state index contributed by atoms with van der Waals surface area (Å²) < 4.78 is 23.2. The molecule has 0 bridgehead atoms. The summed E-state index contributed by atoms with van der Waals surface area (Å²) in [6.07, 6.45) is 0.509. The number of amides is 1. The molecule has 0 unspecified atom stereocenters. The Bertz CT molecular complexity index is 741. The summed E-state index contributed by atoms with van der Waals surface area (Å²) in [5, 5.41) is 5.83. The van der Waals surface area contributed by atoms with Gasteiger partial charge in [0.1, 0.15) is 5.75 Å². The first-order chi connectivity index (χ1) is 11.0. The molecule has 0 heterocycles. The second kappa shape index (κ2) is 7.78. The van der Waals surface area contributed by atoms with Crippen LogP contribution >= 0.6 is 0 Å². The molecule has 2 aromatic carbocycles. The molecule has 0 fully saturated rings. The molecule has 122 valence electrons. The van der Waals surface area contributed by atoms with Crippen molar-refractivity contribution in [1.29, 1.82) is 0 Å². The van der Waals surface area contributed by atoms with Crippen LogP contribution in [0.25, 0.3) is 0 Å². The zero-order valence-corrected chi connectivity index (χ0v) is 13.8. The molecule has 2 aromatic rings. The van der Waals surface area contributed by atoms with Crippen molar-refractivity contribution in [3.8, 4) is 0 Å². The maximum atomic E-state index is 11.8. The number of anilines is 3. The molecule has 2 N–H and O–H groups in total. The molecular weight excluding hydrogens is 312 g/mol. The van der Waals surface area contributed by atoms with E-state index in [1.54, 1.807) is 19.1 Å². The van der Waals surface area contributed by atoms with Crippen LogP contribution in [0.15, 0.2) is 54.6 Å². The lowest BCUT2D eigenvalue weighted by Gasteiger charge is -2.09. The number of benzene rings is 2. The molecule has 0 aliphatic rings. The fourth-order valence-electron chi connectivity index (χ4n) is 2.11. The van der Waals surface area contributed by atoms with E-state index in [-0.39, 0.29) is 5.75 Å². The molecule has 1 amide bonds. The van der Waals surface area contributed by atoms with E-state index >= 15 is 0 Å². The third-order valence-corrected chi connectivity index (χ3v) is 4.83. The number of rotatable bonds is 7. The SMILES string of the molecule is CCCS(=O)(=O)CC(=O)Nc1ccc(Nc2ccccc2)cc1. The molecule has 0 saturated carbocycles. The minimum absolute atomic E-state index is 0.0281. The summed E-state index contributed by atoms with van der Waals surface area (Å²) in [5.74, 6) is -0.965. The van der Waals surface area contributed by atoms with E-state index in [1.807, 2.05) is 42.5 Å². The van der Waals surface area contributed by atoms with E-state index in [4.69, 9.17) is 0 Å². The quantitative estimate of drug-likeness (QED) is 0.816. The second-order valence-corrected chi connectivity index (χ2v) is 7.39. The second-order valence-electron chi connectivity index (χ2n) is 5.21. The van der Waals surface area contributed by atoms with Gasteiger partial charge in [0.15, 0.2) is 9.84 Å². The van der Waals surface area contributed by atoms with Crippen LogP contribution in [0.3, 0.4) is 0 Å². The van der Waals surface area contributed by atoms with Gasteiger partial charge >= 0.3 is 0 Å². The highest BCUT2D eigenvalue weighted by Crippen LogP contribution is 2.18. The van der Waals surface area contributed by atoms with Crippen molar-refractivity contribution in [1.82, 2.24) is 0 Å². The number of hydrogen-bond donors (Lipinski definition) is 2. The summed E-state index contributed by atoms with van der Waals surface area (Å²) in [4.78, 5) is 11.8. The van der Waals surface area contributed by atoms with Crippen LogP contribution in [0.4, 0.5) is 17.1 Å². The van der Waals surface area contributed by atoms with E-state index < -0.39 is 21.5 Å². The zero-order chi connectivity index (χ0) is 16.7. The van der Waals surface area contributed by atoms with Gasteiger partial charge in [-0.3, -0.25) is 4.79 Å². The maximum absolute atomic E-state index is 11.8. The third-order valence-electron chi connectivity index (χ3n) is 3.10. The molecule has 23 heavy (non-hydrogen) atoms. The zero-order valence-electron chi connectivity index (χ0n) is 13.0. The fraction of sp³-hybridized carbons (Fsp3) is 0.235. The van der Waals surface area contributed by atoms with Crippen LogP contribution in [0, 0.1) is 0 Å². The first kappa shape index (κ1) is 17.0. The van der Waals surface area contributed by atoms with Crippen LogP contribution in [-0.4, -0.2) is 25.8 Å². The highest BCUT2D eigenvalue weighted by molar-refractivity contribution is 7.92. The van der Waals surface area contributed by atoms with E-state index in [2.05, 4.69) is 10.6 Å². The molecule has 0 atom stereocenters. The van der Waals surface area contributed by atoms with Crippen LogP contribution in [-0.2, 0) is 14.6 Å². The highest BCUT2D eigenvalue weighted by Gasteiger charge is 2.15. The van der Waals surface area contributed by atoms with E-state index in [1.165, 1.54) is 0 Å². The summed E-state index contributed by atoms with van der Waals surface area (Å²) >= 11 is 0. The molecule has 0 aliphatic carbocycles. The van der Waals surface area contributed by atoms with Gasteiger partial charge in [0.05, 0.1) is 5.75 Å². The van der Waals surface area contributed by atoms with Gasteiger partial charge in [0, 0.05) is 17.1 Å². The molecule has 0 spiro atoms. The Morgan fingerprint density at radius 3 is 2.09 bits per heavy atom. The van der Waals surface area contributed by atoms with Crippen molar-refractivity contribution in [2.24, 2.45) is 0 Å². The molecule has 0 radical (unpaired) electrons. The number of sulfone groups is 1. The van der Waals surface area contributed by atoms with Crippen molar-refractivity contribution in [3.63, 3.8) is 0 Å². The molecule has 0 aliphatic heterocycles. The van der Waals surface area contributed by atoms with E-state index in [0.29, 0.717) is 12.1 Å². The van der Waals surface area contributed by atoms with Gasteiger partial charge in [-0.25, -0.2) is 8.42 Å². The Kier molecular flexibility index (Phi) is 5.76. The fourth-order valence-corrected chi connectivity index (χ4v) is 3.34. The van der Waals surface area contributed by atoms with Gasteiger partial charge in [-0.05, 0) is 42.8 Å². The Hall–Kier alpha value is -2.34. The summed E-state index contributed by atoms with van der Waals surface area (Å²) in [7, 11) is -3.32. The minimum atomic E-state index is -3.32. The number of nitrogens with one attached hydrogen (secondary N) is 2. The molecule has 2 rings (SSSR count). The van der Waals surface area contributed by atoms with E-state index in [9.17, 15) is 13.2 Å². The summed E-state index contributed by atoms with van der Waals surface area (Å²) in [6.45, 7) is 1.77. The largest absolute Gasteiger partial charge is 0.356 e. The smallest absolute Gasteiger partial charge is 0.239 e. The predicted molar refractivity (Wildman–Crippen MR) is 93.7 cm³/mol. The molecule has 6 heteroatoms. The monoisotopic (exact) mass is 332 g/mol. The Morgan fingerprint density at radius 2 is 1.48 bits per heavy atom. The first-order valence-corrected chi connectivity index (χ1v) is 9.23. The number of carbonyl (C=O) groups excluding carboxylic acids is 1. The maximum Gasteiger partial charge on any atom is 0.239 e. The molecular formula is C17H20N2O3S. The number of carbonyl (C=O) groups is 1. The van der Waals surface area contributed by atoms with Crippen molar-refractivity contribution in [3.05, 3.63) is 54.6 Å². The first-order valence-electron chi connectivity index (χ1n) is 7.41. The lowest BCUT2D eigenvalue weighted by Crippen LogP contribution is -2.24. The molecule has 0 saturated heterocycles. The van der Waals surface area contributed by atoms with Crippen LogP contribution < -0.4 is 10.6 Å². The Labute approximate surface area is 136 Å². The average Bonchev–Trinajstić information content (AvgIpc) is 2.49. The standard InChI is InChI=1S/C17H20N2O3S/c1-2-12-23(21,22)13-17(20)19-16-10-8-15(9-11-16)18-14-6-4-3-5-7-14/h3-11,18H,2,12-13H2,1H3,(H,19,20). The van der Waals surface area contributed by atoms with Gasteiger partial charge in [-0.2, -0.15) is 0 Å². The van der Waals surface area contributed by atoms with Crippen molar-refractivity contribution in [2.45, 2.75) is 13.3 Å². The average molecular weight is 332 g/mol. The molecule has 0 aromatic heterocycles. The van der Waals surface area contributed by atoms with Crippen molar-refractivity contribution in [2.75, 3.05) is 22.1 Å². The third kappa shape index (κ3) is 5.75. The van der Waals surface area contributed by atoms with Crippen LogP contribution in [0.5, 0.6) is 0 Å². The van der Waals surface area contributed by atoms with Crippen LogP contribution in [0.1, 0.15) is 13.3 Å². The Balaban J connectivity index is 1.93. The van der Waals surface area contributed by atoms with E-state index in [0.717, 1.165) is 11.4 Å². The Morgan fingerprint density at radius 1 is 0.913 bits per heavy atom. The van der Waals surface area contributed by atoms with Crippen LogP contribution in [0.2, 0.25) is 0 Å². The van der Waals surface area contributed by atoms with Gasteiger partial charge in [0.25, 0.3) is 0 Å². The van der Waals surface area contributed by atoms with Crippen molar-refractivity contribution >= 4 is 32.8 Å². The van der Waals surface area contributed by atoms with Gasteiger partial charge < -0.3 is 10.6 Å². The van der Waals surface area contributed by atoms with Gasteiger partial charge in [-0.1, -0.05) is 25.1 Å². The predicted octanol–water partition coefficient (Wildman–Crippen LogP) is 3.19. The topological polar surface area (TPSA) is 75.3 Å². The number of hydrogen-bond acceptors (Lipinski definition) is 4. The van der Waals surface area contributed by atoms with Gasteiger partial charge in [-0.15, -0.1) is 0 Å². The lowest BCUT2D eigenvalue weighted by molar-refractivity contribution is -0.113. The summed E-state index contributed by atoms with van der Waals surface area (Å²) in [6, 6.07) is 16.8. The molecule has 5 nitrogen and oxygen atoms in total.